The molecule has 1 rings (SSSR count). The highest BCUT2D eigenvalue weighted by molar-refractivity contribution is 5.39. The van der Waals surface area contributed by atoms with Gasteiger partial charge in [0.25, 0.3) is 0 Å². The molecule has 1 atom stereocenters. The van der Waals surface area contributed by atoms with E-state index in [1.807, 2.05) is 12.1 Å². The van der Waals surface area contributed by atoms with Crippen LogP contribution in [0.4, 0.5) is 0 Å². The number of nitrogens with two attached hydrogens (primary N) is 1. The van der Waals surface area contributed by atoms with Crippen LogP contribution >= 0.6 is 0 Å². The summed E-state index contributed by atoms with van der Waals surface area (Å²) in [5.41, 5.74) is 8.36. The Bertz CT molecular complexity index is 307. The number of benzene rings is 1. The first-order chi connectivity index (χ1) is 7.15. The fraction of sp³-hybridized carbons (Fsp3) is 0.538. The SMILES string of the molecule is COc1cccc(C)c1CCCC(C)N. The van der Waals surface area contributed by atoms with E-state index in [2.05, 4.69) is 19.9 Å². The molecule has 2 heteroatoms. The van der Waals surface area contributed by atoms with Crippen LogP contribution in [-0.4, -0.2) is 13.2 Å². The highest BCUT2D eigenvalue weighted by Gasteiger charge is 2.05. The van der Waals surface area contributed by atoms with E-state index < -0.39 is 0 Å². The first-order valence-electron chi connectivity index (χ1n) is 5.53. The fourth-order valence-corrected chi connectivity index (χ4v) is 1.79. The van der Waals surface area contributed by atoms with Gasteiger partial charge in [0.1, 0.15) is 5.75 Å². The molecule has 15 heavy (non-hydrogen) atoms. The van der Waals surface area contributed by atoms with Crippen LogP contribution in [0.3, 0.4) is 0 Å². The number of aryl methyl sites for hydroxylation is 1. The molecule has 0 fully saturated rings. The van der Waals surface area contributed by atoms with Crippen LogP contribution < -0.4 is 10.5 Å². The van der Waals surface area contributed by atoms with Crippen molar-refractivity contribution < 1.29 is 4.74 Å². The summed E-state index contributed by atoms with van der Waals surface area (Å²) in [6.07, 6.45) is 3.24. The molecule has 0 aliphatic heterocycles. The summed E-state index contributed by atoms with van der Waals surface area (Å²) in [7, 11) is 1.73. The van der Waals surface area contributed by atoms with Gasteiger partial charge in [0.15, 0.2) is 0 Å². The quantitative estimate of drug-likeness (QED) is 0.805. The first-order valence-corrected chi connectivity index (χ1v) is 5.53. The van der Waals surface area contributed by atoms with Crippen molar-refractivity contribution in [3.05, 3.63) is 29.3 Å². The van der Waals surface area contributed by atoms with Gasteiger partial charge in [-0.25, -0.2) is 0 Å². The number of methoxy groups -OCH3 is 1. The molecule has 84 valence electrons. The molecule has 1 unspecified atom stereocenters. The van der Waals surface area contributed by atoms with Crippen LogP contribution in [0.15, 0.2) is 18.2 Å². The lowest BCUT2D eigenvalue weighted by molar-refractivity contribution is 0.408. The van der Waals surface area contributed by atoms with Crippen molar-refractivity contribution in [3.63, 3.8) is 0 Å². The Morgan fingerprint density at radius 2 is 2.13 bits per heavy atom. The zero-order valence-electron chi connectivity index (χ0n) is 9.92. The normalized spacial score (nSPS) is 12.5. The molecule has 1 aromatic rings. The summed E-state index contributed by atoms with van der Waals surface area (Å²) in [4.78, 5) is 0. The van der Waals surface area contributed by atoms with Crippen LogP contribution in [-0.2, 0) is 6.42 Å². The Morgan fingerprint density at radius 3 is 2.73 bits per heavy atom. The third kappa shape index (κ3) is 3.56. The number of hydrogen-bond donors (Lipinski definition) is 1. The highest BCUT2D eigenvalue weighted by Crippen LogP contribution is 2.23. The number of rotatable bonds is 5. The lowest BCUT2D eigenvalue weighted by Crippen LogP contribution is -2.14. The maximum absolute atomic E-state index is 5.73. The Hall–Kier alpha value is -1.02. The van der Waals surface area contributed by atoms with Gasteiger partial charge >= 0.3 is 0 Å². The smallest absolute Gasteiger partial charge is 0.122 e. The fourth-order valence-electron chi connectivity index (χ4n) is 1.79. The predicted molar refractivity (Wildman–Crippen MR) is 64.3 cm³/mol. The summed E-state index contributed by atoms with van der Waals surface area (Å²) < 4.78 is 5.35. The molecule has 0 radical (unpaired) electrons. The van der Waals surface area contributed by atoms with E-state index >= 15 is 0 Å². The van der Waals surface area contributed by atoms with Crippen LogP contribution in [0.2, 0.25) is 0 Å². The van der Waals surface area contributed by atoms with Gasteiger partial charge in [-0.2, -0.15) is 0 Å². The molecule has 0 aromatic heterocycles. The predicted octanol–water partition coefficient (Wildman–Crippen LogP) is 2.67. The van der Waals surface area contributed by atoms with E-state index in [9.17, 15) is 0 Å². The van der Waals surface area contributed by atoms with Gasteiger partial charge in [0, 0.05) is 6.04 Å². The maximum atomic E-state index is 5.73. The van der Waals surface area contributed by atoms with Gasteiger partial charge in [0.05, 0.1) is 7.11 Å². The molecule has 2 nitrogen and oxygen atoms in total. The molecule has 0 aliphatic rings. The molecule has 0 saturated heterocycles. The van der Waals surface area contributed by atoms with Gasteiger partial charge in [0.2, 0.25) is 0 Å². The number of hydrogen-bond acceptors (Lipinski definition) is 2. The summed E-state index contributed by atoms with van der Waals surface area (Å²) in [6.45, 7) is 4.18. The van der Waals surface area contributed by atoms with E-state index in [4.69, 9.17) is 10.5 Å². The average Bonchev–Trinajstić information content (AvgIpc) is 2.20. The minimum Gasteiger partial charge on any atom is -0.496 e. The van der Waals surface area contributed by atoms with Crippen molar-refractivity contribution in [2.24, 2.45) is 5.73 Å². The molecular formula is C13H21NO. The zero-order chi connectivity index (χ0) is 11.3. The van der Waals surface area contributed by atoms with Crippen LogP contribution in [0.5, 0.6) is 5.75 Å². The lowest BCUT2D eigenvalue weighted by Gasteiger charge is -2.12. The van der Waals surface area contributed by atoms with Gasteiger partial charge < -0.3 is 10.5 Å². The van der Waals surface area contributed by atoms with Gasteiger partial charge in [-0.1, -0.05) is 12.1 Å². The van der Waals surface area contributed by atoms with Crippen LogP contribution in [0.25, 0.3) is 0 Å². The van der Waals surface area contributed by atoms with Gasteiger partial charge in [-0.3, -0.25) is 0 Å². The summed E-state index contributed by atoms with van der Waals surface area (Å²) in [5, 5.41) is 0. The third-order valence-electron chi connectivity index (χ3n) is 2.67. The van der Waals surface area contributed by atoms with Gasteiger partial charge in [-0.05, 0) is 50.3 Å². The molecule has 0 spiro atoms. The zero-order valence-corrected chi connectivity index (χ0v) is 9.92. The summed E-state index contributed by atoms with van der Waals surface area (Å²) in [5.74, 6) is 1.000. The maximum Gasteiger partial charge on any atom is 0.122 e. The monoisotopic (exact) mass is 207 g/mol. The van der Waals surface area contributed by atoms with E-state index in [0.717, 1.165) is 25.0 Å². The van der Waals surface area contributed by atoms with Crippen molar-refractivity contribution in [1.82, 2.24) is 0 Å². The summed E-state index contributed by atoms with van der Waals surface area (Å²) in [6, 6.07) is 6.47. The Morgan fingerprint density at radius 1 is 1.40 bits per heavy atom. The van der Waals surface area contributed by atoms with E-state index in [1.54, 1.807) is 7.11 Å². The molecule has 0 amide bonds. The van der Waals surface area contributed by atoms with Crippen molar-refractivity contribution in [3.8, 4) is 5.75 Å². The average molecular weight is 207 g/mol. The van der Waals surface area contributed by atoms with Crippen molar-refractivity contribution >= 4 is 0 Å². The number of ether oxygens (including phenoxy) is 1. The minimum atomic E-state index is 0.292. The second kappa shape index (κ2) is 5.76. The topological polar surface area (TPSA) is 35.2 Å². The molecule has 0 bridgehead atoms. The van der Waals surface area contributed by atoms with Crippen molar-refractivity contribution in [2.45, 2.75) is 39.2 Å². The highest BCUT2D eigenvalue weighted by atomic mass is 16.5. The standard InChI is InChI=1S/C13H21NO/c1-10-6-4-9-13(15-3)12(10)8-5-7-11(2)14/h4,6,9,11H,5,7-8,14H2,1-3H3. The Labute approximate surface area is 92.4 Å². The molecule has 0 heterocycles. The molecule has 1 aromatic carbocycles. The van der Waals surface area contributed by atoms with Gasteiger partial charge in [-0.15, -0.1) is 0 Å². The molecule has 0 saturated carbocycles. The molecular weight excluding hydrogens is 186 g/mol. The van der Waals surface area contributed by atoms with Crippen LogP contribution in [0.1, 0.15) is 30.9 Å². The summed E-state index contributed by atoms with van der Waals surface area (Å²) >= 11 is 0. The first kappa shape index (κ1) is 12.1. The Balaban J connectivity index is 2.66. The second-order valence-electron chi connectivity index (χ2n) is 4.13. The molecule has 2 N–H and O–H groups in total. The lowest BCUT2D eigenvalue weighted by atomic mass is 10.0. The van der Waals surface area contributed by atoms with Crippen LogP contribution in [0, 0.1) is 6.92 Å². The van der Waals surface area contributed by atoms with Crippen molar-refractivity contribution in [2.75, 3.05) is 7.11 Å². The minimum absolute atomic E-state index is 0.292. The largest absolute Gasteiger partial charge is 0.496 e. The van der Waals surface area contributed by atoms with Crippen molar-refractivity contribution in [1.29, 1.82) is 0 Å². The third-order valence-corrected chi connectivity index (χ3v) is 2.67. The van der Waals surface area contributed by atoms with E-state index in [1.165, 1.54) is 11.1 Å². The molecule has 0 aliphatic carbocycles. The second-order valence-corrected chi connectivity index (χ2v) is 4.13. The van der Waals surface area contributed by atoms with E-state index in [-0.39, 0.29) is 0 Å². The van der Waals surface area contributed by atoms with E-state index in [0.29, 0.717) is 6.04 Å². The Kier molecular flexibility index (Phi) is 4.63.